The van der Waals surface area contributed by atoms with E-state index in [1.54, 1.807) is 6.07 Å². The fraction of sp³-hybridized carbons (Fsp3) is 0.320. The summed E-state index contributed by atoms with van der Waals surface area (Å²) < 4.78 is 63.3. The normalized spacial score (nSPS) is 20.4. The lowest BCUT2D eigenvalue weighted by atomic mass is 9.74. The molecule has 4 rings (SSSR count). The Hall–Kier alpha value is -3.67. The zero-order chi connectivity index (χ0) is 26.4. The monoisotopic (exact) mass is 513 g/mol. The molecule has 1 saturated carbocycles. The van der Waals surface area contributed by atoms with E-state index in [4.69, 9.17) is 0 Å². The summed E-state index contributed by atoms with van der Waals surface area (Å²) in [7, 11) is 1.40. The summed E-state index contributed by atoms with van der Waals surface area (Å²) in [5.41, 5.74) is 0.176. The van der Waals surface area contributed by atoms with Crippen molar-refractivity contribution in [1.29, 1.82) is 10.5 Å². The molecular formula is C25H20F3N4O3S-. The summed E-state index contributed by atoms with van der Waals surface area (Å²) in [4.78, 5) is 15.7. The van der Waals surface area contributed by atoms with Crippen molar-refractivity contribution in [1.82, 2.24) is 4.90 Å². The summed E-state index contributed by atoms with van der Waals surface area (Å²) in [5.74, 6) is 0. The zero-order valence-corrected chi connectivity index (χ0v) is 20.1. The topological polar surface area (TPSA) is 111 Å². The molecule has 7 nitrogen and oxygen atoms in total. The van der Waals surface area contributed by atoms with E-state index >= 15 is 0 Å². The molecule has 0 saturated heterocycles. The Morgan fingerprint density at radius 3 is 2.36 bits per heavy atom. The Bertz CT molecular complexity index is 1390. The van der Waals surface area contributed by atoms with Crippen LogP contribution in [0.1, 0.15) is 54.5 Å². The first-order chi connectivity index (χ1) is 17.0. The Kier molecular flexibility index (Phi) is 6.41. The van der Waals surface area contributed by atoms with Gasteiger partial charge in [0.05, 0.1) is 45.3 Å². The smallest absolute Gasteiger partial charge is 0.416 e. The molecule has 1 heterocycles. The van der Waals surface area contributed by atoms with Crippen LogP contribution in [0.25, 0.3) is 0 Å². The van der Waals surface area contributed by atoms with Gasteiger partial charge in [0.25, 0.3) is 0 Å². The van der Waals surface area contributed by atoms with E-state index in [0.29, 0.717) is 30.4 Å². The number of allylic oxidation sites excluding steroid dienone is 1. The highest BCUT2D eigenvalue weighted by atomic mass is 32.2. The zero-order valence-electron chi connectivity index (χ0n) is 19.3. The third-order valence-corrected chi connectivity index (χ3v) is 8.15. The second-order valence-electron chi connectivity index (χ2n) is 8.79. The van der Waals surface area contributed by atoms with Crippen LogP contribution in [0.5, 0.6) is 0 Å². The van der Waals surface area contributed by atoms with Gasteiger partial charge >= 0.3 is 12.2 Å². The maximum atomic E-state index is 13.5. The van der Waals surface area contributed by atoms with Gasteiger partial charge < -0.3 is 9.45 Å². The number of amides is 2. The molecule has 2 aromatic rings. The molecule has 36 heavy (non-hydrogen) atoms. The molecule has 1 aliphatic carbocycles. The molecule has 2 unspecified atom stereocenters. The quantitative estimate of drug-likeness (QED) is 0.519. The molecule has 1 aliphatic heterocycles. The number of urea groups is 1. The third-order valence-electron chi connectivity index (χ3n) is 6.88. The standard InChI is InChI=1S/C25H21F3N4O3S/c1-15-20(14-30)22(19-8-7-16(13-29)11-21(19)24(36(34)35)9-4-10-24)31(2)23(33)32(15)18-6-3-5-17(12-18)25(26,27)28/h3,5-8,11-12,22H,4,9-10H2,1-2H3,(H,34,35)/p-1. The van der Waals surface area contributed by atoms with Crippen molar-refractivity contribution in [3.05, 3.63) is 76.0 Å². The molecule has 0 spiro atoms. The van der Waals surface area contributed by atoms with Crippen molar-refractivity contribution in [3.63, 3.8) is 0 Å². The molecule has 1 fully saturated rings. The SMILES string of the molecule is CC1=C(C#N)C(c2ccc(C#N)cc2C2(S(=O)[O-])CCC2)N(C)C(=O)N1c1cccc(C(F)(F)F)c1. The Balaban J connectivity index is 1.91. The predicted molar refractivity (Wildman–Crippen MR) is 124 cm³/mol. The molecular weight excluding hydrogens is 493 g/mol. The number of likely N-dealkylation sites (N-methyl/N-ethyl adjacent to an activating group) is 1. The number of carbonyl (C=O) groups excluding carboxylic acids is 1. The van der Waals surface area contributed by atoms with E-state index in [1.165, 1.54) is 43.1 Å². The van der Waals surface area contributed by atoms with Crippen LogP contribution >= 0.6 is 0 Å². The van der Waals surface area contributed by atoms with Crippen LogP contribution < -0.4 is 4.90 Å². The maximum absolute atomic E-state index is 13.5. The van der Waals surface area contributed by atoms with Crippen LogP contribution in [0.2, 0.25) is 0 Å². The number of hydrogen-bond acceptors (Lipinski definition) is 5. The lowest BCUT2D eigenvalue weighted by Gasteiger charge is -2.47. The molecule has 2 atom stereocenters. The van der Waals surface area contributed by atoms with Gasteiger partial charge in [0.1, 0.15) is 0 Å². The summed E-state index contributed by atoms with van der Waals surface area (Å²) in [6.07, 6.45) is -3.30. The van der Waals surface area contributed by atoms with Crippen molar-refractivity contribution in [2.24, 2.45) is 0 Å². The van der Waals surface area contributed by atoms with Crippen LogP contribution in [0.4, 0.5) is 23.7 Å². The van der Waals surface area contributed by atoms with Gasteiger partial charge in [-0.3, -0.25) is 9.11 Å². The number of benzene rings is 2. The minimum absolute atomic E-state index is 0.0541. The molecule has 0 N–H and O–H groups in total. The van der Waals surface area contributed by atoms with Crippen molar-refractivity contribution >= 4 is 22.8 Å². The first-order valence-corrected chi connectivity index (χ1v) is 12.0. The minimum atomic E-state index is -4.62. The number of anilines is 1. The van der Waals surface area contributed by atoms with Gasteiger partial charge in [-0.15, -0.1) is 0 Å². The number of alkyl halides is 3. The van der Waals surface area contributed by atoms with Crippen molar-refractivity contribution in [2.45, 2.75) is 43.2 Å². The molecule has 2 aliphatic rings. The number of nitriles is 2. The molecule has 0 radical (unpaired) electrons. The summed E-state index contributed by atoms with van der Waals surface area (Å²) in [6.45, 7) is 1.46. The fourth-order valence-corrected chi connectivity index (χ4v) is 5.82. The molecule has 2 aromatic carbocycles. The molecule has 11 heteroatoms. The van der Waals surface area contributed by atoms with Gasteiger partial charge in [-0.2, -0.15) is 23.7 Å². The van der Waals surface area contributed by atoms with Crippen LogP contribution in [0, 0.1) is 22.7 Å². The van der Waals surface area contributed by atoms with E-state index in [9.17, 15) is 37.3 Å². The molecule has 0 bridgehead atoms. The highest BCUT2D eigenvalue weighted by Crippen LogP contribution is 2.50. The van der Waals surface area contributed by atoms with E-state index in [1.807, 2.05) is 6.07 Å². The fourth-order valence-electron chi connectivity index (χ4n) is 4.84. The van der Waals surface area contributed by atoms with Crippen LogP contribution in [-0.2, 0) is 22.0 Å². The Labute approximate surface area is 208 Å². The summed E-state index contributed by atoms with van der Waals surface area (Å²) in [5, 5.41) is 19.5. The predicted octanol–water partition coefficient (Wildman–Crippen LogP) is 5.25. The van der Waals surface area contributed by atoms with E-state index < -0.39 is 39.6 Å². The lowest BCUT2D eigenvalue weighted by Crippen LogP contribution is -2.48. The van der Waals surface area contributed by atoms with Crippen LogP contribution in [0.15, 0.2) is 53.7 Å². The van der Waals surface area contributed by atoms with Gasteiger partial charge in [0, 0.05) is 12.7 Å². The first kappa shape index (κ1) is 25.4. The van der Waals surface area contributed by atoms with Crippen molar-refractivity contribution in [3.8, 4) is 12.1 Å². The van der Waals surface area contributed by atoms with Crippen LogP contribution in [-0.4, -0.2) is 26.7 Å². The average Bonchev–Trinajstić information content (AvgIpc) is 2.80. The molecule has 0 aromatic heterocycles. The van der Waals surface area contributed by atoms with Gasteiger partial charge in [-0.1, -0.05) is 12.1 Å². The number of nitrogens with zero attached hydrogens (tertiary/aromatic N) is 4. The van der Waals surface area contributed by atoms with Crippen LogP contribution in [0.3, 0.4) is 0 Å². The number of hydrogen-bond donors (Lipinski definition) is 0. The van der Waals surface area contributed by atoms with Gasteiger partial charge in [-0.05, 0) is 78.7 Å². The largest absolute Gasteiger partial charge is 0.772 e. The van der Waals surface area contributed by atoms with Crippen molar-refractivity contribution < 1.29 is 26.7 Å². The second-order valence-corrected chi connectivity index (χ2v) is 10.0. The second kappa shape index (κ2) is 9.08. The maximum Gasteiger partial charge on any atom is 0.416 e. The lowest BCUT2D eigenvalue weighted by molar-refractivity contribution is -0.137. The highest BCUT2D eigenvalue weighted by Gasteiger charge is 2.46. The third kappa shape index (κ3) is 3.94. The molecule has 186 valence electrons. The van der Waals surface area contributed by atoms with Gasteiger partial charge in [0.15, 0.2) is 0 Å². The highest BCUT2D eigenvalue weighted by molar-refractivity contribution is 7.80. The summed E-state index contributed by atoms with van der Waals surface area (Å²) >= 11 is -2.53. The van der Waals surface area contributed by atoms with E-state index in [0.717, 1.165) is 17.0 Å². The summed E-state index contributed by atoms with van der Waals surface area (Å²) in [6, 6.07) is 11.1. The van der Waals surface area contributed by atoms with E-state index in [2.05, 4.69) is 6.07 Å². The Morgan fingerprint density at radius 2 is 1.83 bits per heavy atom. The molecule has 2 amide bonds. The average molecular weight is 514 g/mol. The Morgan fingerprint density at radius 1 is 1.14 bits per heavy atom. The van der Waals surface area contributed by atoms with Gasteiger partial charge in [-0.25, -0.2) is 4.79 Å². The van der Waals surface area contributed by atoms with E-state index in [-0.39, 0.29) is 22.5 Å². The number of rotatable bonds is 4. The first-order valence-electron chi connectivity index (χ1n) is 10.9. The van der Waals surface area contributed by atoms with Gasteiger partial charge in [0.2, 0.25) is 0 Å². The minimum Gasteiger partial charge on any atom is -0.772 e. The number of halogens is 3. The van der Waals surface area contributed by atoms with Crippen molar-refractivity contribution in [2.75, 3.05) is 11.9 Å². The number of carbonyl (C=O) groups is 1.